The van der Waals surface area contributed by atoms with Gasteiger partial charge in [0.05, 0.1) is 24.4 Å². The summed E-state index contributed by atoms with van der Waals surface area (Å²) >= 11 is 7.29. The van der Waals surface area contributed by atoms with E-state index < -0.39 is 17.7 Å². The second kappa shape index (κ2) is 8.17. The summed E-state index contributed by atoms with van der Waals surface area (Å²) in [5.74, 6) is -1.12. The van der Waals surface area contributed by atoms with Crippen LogP contribution in [-0.2, 0) is 9.59 Å². The van der Waals surface area contributed by atoms with Gasteiger partial charge in [-0.2, -0.15) is 0 Å². The van der Waals surface area contributed by atoms with Crippen LogP contribution in [-0.4, -0.2) is 28.9 Å². The first-order valence-corrected chi connectivity index (χ1v) is 10.7. The topological polar surface area (TPSA) is 79.7 Å². The number of carbonyl (C=O) groups is 2. The van der Waals surface area contributed by atoms with E-state index in [2.05, 4.69) is 4.98 Å². The molecule has 0 bridgehead atoms. The highest BCUT2D eigenvalue weighted by Crippen LogP contribution is 2.44. The van der Waals surface area contributed by atoms with E-state index in [4.69, 9.17) is 16.3 Å². The van der Waals surface area contributed by atoms with Gasteiger partial charge >= 0.3 is 5.91 Å². The Morgan fingerprint density at radius 2 is 1.74 bits per heavy atom. The average molecular weight is 455 g/mol. The Bertz CT molecular complexity index is 1180. The maximum absolute atomic E-state index is 13.1. The average Bonchev–Trinajstić information content (AvgIpc) is 3.23. The van der Waals surface area contributed by atoms with E-state index in [1.807, 2.05) is 13.8 Å². The van der Waals surface area contributed by atoms with Crippen molar-refractivity contribution in [3.63, 3.8) is 0 Å². The molecule has 0 spiro atoms. The van der Waals surface area contributed by atoms with Crippen molar-refractivity contribution in [3.05, 3.63) is 80.8 Å². The standard InChI is InChI=1S/C23H19ClN2O4S/c1-12-13(2)31-23(25-12)26-19(14-6-10-17(30-3)11-7-14)18(21(28)22(26)29)20(27)15-4-8-16(24)9-5-15/h4-11,19,27H,1-3H3/b20-18+/t19-/m0/s1. The lowest BCUT2D eigenvalue weighted by Gasteiger charge is -2.23. The number of amides is 1. The number of ether oxygens (including phenoxy) is 1. The van der Waals surface area contributed by atoms with Gasteiger partial charge < -0.3 is 9.84 Å². The summed E-state index contributed by atoms with van der Waals surface area (Å²) in [6.07, 6.45) is 0. The van der Waals surface area contributed by atoms with E-state index in [1.165, 1.54) is 16.2 Å². The lowest BCUT2D eigenvalue weighted by Crippen LogP contribution is -2.29. The molecule has 31 heavy (non-hydrogen) atoms. The van der Waals surface area contributed by atoms with Gasteiger partial charge in [-0.25, -0.2) is 4.98 Å². The maximum atomic E-state index is 13.1. The van der Waals surface area contributed by atoms with Gasteiger partial charge in [0.25, 0.3) is 5.78 Å². The van der Waals surface area contributed by atoms with Crippen molar-refractivity contribution in [1.29, 1.82) is 0 Å². The fourth-order valence-corrected chi connectivity index (χ4v) is 4.52. The number of halogens is 1. The van der Waals surface area contributed by atoms with Crippen molar-refractivity contribution in [3.8, 4) is 5.75 Å². The Balaban J connectivity index is 1.93. The first-order valence-electron chi connectivity index (χ1n) is 9.46. The van der Waals surface area contributed by atoms with Gasteiger partial charge in [-0.1, -0.05) is 23.7 Å². The Kier molecular flexibility index (Phi) is 5.56. The third-order valence-corrected chi connectivity index (χ3v) is 6.54. The molecular weight excluding hydrogens is 436 g/mol. The van der Waals surface area contributed by atoms with Crippen LogP contribution in [0.4, 0.5) is 5.13 Å². The van der Waals surface area contributed by atoms with E-state index in [0.29, 0.717) is 27.0 Å². The Hall–Kier alpha value is -3.16. The molecule has 158 valence electrons. The predicted molar refractivity (Wildman–Crippen MR) is 121 cm³/mol. The number of hydrogen-bond donors (Lipinski definition) is 1. The minimum Gasteiger partial charge on any atom is -0.507 e. The van der Waals surface area contributed by atoms with Crippen LogP contribution >= 0.6 is 22.9 Å². The molecule has 6 nitrogen and oxygen atoms in total. The quantitative estimate of drug-likeness (QED) is 0.339. The highest BCUT2D eigenvalue weighted by molar-refractivity contribution is 7.16. The first-order chi connectivity index (χ1) is 14.8. The van der Waals surface area contributed by atoms with E-state index in [1.54, 1.807) is 55.6 Å². The molecule has 0 aliphatic carbocycles. The number of aryl methyl sites for hydroxylation is 2. The van der Waals surface area contributed by atoms with Crippen LogP contribution in [0.1, 0.15) is 27.7 Å². The fraction of sp³-hybridized carbons (Fsp3) is 0.174. The fourth-order valence-electron chi connectivity index (χ4n) is 3.45. The van der Waals surface area contributed by atoms with E-state index in [0.717, 1.165) is 10.6 Å². The first kappa shape index (κ1) is 21.1. The lowest BCUT2D eigenvalue weighted by atomic mass is 9.95. The number of carbonyl (C=O) groups excluding carboxylic acids is 2. The zero-order chi connectivity index (χ0) is 22.3. The molecule has 1 aliphatic rings. The number of aliphatic hydroxyl groups excluding tert-OH is 1. The summed E-state index contributed by atoms with van der Waals surface area (Å²) in [7, 11) is 1.56. The number of aliphatic hydroxyl groups is 1. The molecular formula is C23H19ClN2O4S. The molecule has 1 fully saturated rings. The SMILES string of the molecule is COc1ccc([C@H]2/C(=C(\O)c3ccc(Cl)cc3)C(=O)C(=O)N2c2nc(C)c(C)s2)cc1. The molecule has 1 atom stereocenters. The van der Waals surface area contributed by atoms with Gasteiger partial charge in [-0.05, 0) is 55.8 Å². The van der Waals surface area contributed by atoms with Crippen LogP contribution in [0.3, 0.4) is 0 Å². The minimum absolute atomic E-state index is 0.00277. The van der Waals surface area contributed by atoms with Gasteiger partial charge in [0.2, 0.25) is 0 Å². The molecule has 2 aromatic carbocycles. The molecule has 1 amide bonds. The van der Waals surface area contributed by atoms with Crippen molar-refractivity contribution < 1.29 is 19.4 Å². The lowest BCUT2D eigenvalue weighted by molar-refractivity contribution is -0.132. The summed E-state index contributed by atoms with van der Waals surface area (Å²) in [4.78, 5) is 33.0. The monoisotopic (exact) mass is 454 g/mol. The highest BCUT2D eigenvalue weighted by atomic mass is 35.5. The third-order valence-electron chi connectivity index (χ3n) is 5.22. The molecule has 0 radical (unpaired) electrons. The summed E-state index contributed by atoms with van der Waals surface area (Å²) in [5.41, 5.74) is 1.84. The number of thiazole rings is 1. The number of anilines is 1. The number of aromatic nitrogens is 1. The van der Waals surface area contributed by atoms with Crippen molar-refractivity contribution >= 4 is 45.5 Å². The number of rotatable bonds is 4. The smallest absolute Gasteiger partial charge is 0.301 e. The second-order valence-electron chi connectivity index (χ2n) is 7.09. The van der Waals surface area contributed by atoms with Crippen molar-refractivity contribution in [2.45, 2.75) is 19.9 Å². The third kappa shape index (κ3) is 3.71. The molecule has 0 unspecified atom stereocenters. The Morgan fingerprint density at radius 3 is 2.29 bits per heavy atom. The number of nitrogens with zero attached hydrogens (tertiary/aromatic N) is 2. The van der Waals surface area contributed by atoms with Gasteiger partial charge in [0, 0.05) is 15.5 Å². The summed E-state index contributed by atoms with van der Waals surface area (Å²) < 4.78 is 5.23. The molecule has 1 aliphatic heterocycles. The molecule has 1 saturated heterocycles. The largest absolute Gasteiger partial charge is 0.507 e. The van der Waals surface area contributed by atoms with Crippen LogP contribution in [0.5, 0.6) is 5.75 Å². The molecule has 3 aromatic rings. The van der Waals surface area contributed by atoms with Gasteiger partial charge in [0.1, 0.15) is 11.5 Å². The van der Waals surface area contributed by atoms with E-state index >= 15 is 0 Å². The molecule has 8 heteroatoms. The van der Waals surface area contributed by atoms with Crippen molar-refractivity contribution in [2.24, 2.45) is 0 Å². The number of Topliss-reactive ketones (excluding diaryl/α,β-unsaturated/α-hetero) is 1. The van der Waals surface area contributed by atoms with Crippen LogP contribution < -0.4 is 9.64 Å². The normalized spacial score (nSPS) is 17.9. The van der Waals surface area contributed by atoms with Crippen molar-refractivity contribution in [1.82, 2.24) is 4.98 Å². The summed E-state index contributed by atoms with van der Waals surface area (Å²) in [5, 5.41) is 12.0. The molecule has 1 aromatic heterocycles. The zero-order valence-corrected chi connectivity index (χ0v) is 18.6. The minimum atomic E-state index is -0.827. The van der Waals surface area contributed by atoms with Gasteiger partial charge in [0.15, 0.2) is 5.13 Å². The van der Waals surface area contributed by atoms with Crippen LogP contribution in [0.25, 0.3) is 5.76 Å². The highest BCUT2D eigenvalue weighted by Gasteiger charge is 2.48. The number of hydrogen-bond acceptors (Lipinski definition) is 6. The second-order valence-corrected chi connectivity index (χ2v) is 8.71. The number of benzene rings is 2. The number of ketones is 1. The predicted octanol–water partition coefficient (Wildman–Crippen LogP) is 5.05. The summed E-state index contributed by atoms with van der Waals surface area (Å²) in [6, 6.07) is 12.6. The van der Waals surface area contributed by atoms with Crippen molar-refractivity contribution in [2.75, 3.05) is 12.0 Å². The molecule has 0 saturated carbocycles. The van der Waals surface area contributed by atoms with E-state index in [-0.39, 0.29) is 11.3 Å². The molecule has 4 rings (SSSR count). The van der Waals surface area contributed by atoms with Gasteiger partial charge in [-0.15, -0.1) is 11.3 Å². The summed E-state index contributed by atoms with van der Waals surface area (Å²) in [6.45, 7) is 3.76. The zero-order valence-electron chi connectivity index (χ0n) is 17.0. The Labute approximate surface area is 188 Å². The maximum Gasteiger partial charge on any atom is 0.301 e. The van der Waals surface area contributed by atoms with Crippen LogP contribution in [0.2, 0.25) is 5.02 Å². The molecule has 2 heterocycles. The number of methoxy groups -OCH3 is 1. The van der Waals surface area contributed by atoms with Crippen LogP contribution in [0.15, 0.2) is 54.1 Å². The molecule has 1 N–H and O–H groups in total. The van der Waals surface area contributed by atoms with E-state index in [9.17, 15) is 14.7 Å². The van der Waals surface area contributed by atoms with Gasteiger partial charge in [-0.3, -0.25) is 14.5 Å². The Morgan fingerprint density at radius 1 is 1.10 bits per heavy atom. The van der Waals surface area contributed by atoms with Crippen LogP contribution in [0, 0.1) is 13.8 Å².